The highest BCUT2D eigenvalue weighted by molar-refractivity contribution is 7.99. The van der Waals surface area contributed by atoms with Gasteiger partial charge in [0.15, 0.2) is 0 Å². The molecule has 1 heterocycles. The Hall–Kier alpha value is -3.33. The van der Waals surface area contributed by atoms with Gasteiger partial charge in [-0.15, -0.1) is 0 Å². The van der Waals surface area contributed by atoms with Crippen molar-refractivity contribution in [3.63, 3.8) is 0 Å². The zero-order valence-corrected chi connectivity index (χ0v) is 17.7. The summed E-state index contributed by atoms with van der Waals surface area (Å²) in [5, 5.41) is 18.1. The fourth-order valence-electron chi connectivity index (χ4n) is 2.99. The monoisotopic (exact) mass is 426 g/mol. The largest absolute Gasteiger partial charge is 0.497 e. The van der Waals surface area contributed by atoms with Crippen LogP contribution in [0.5, 0.6) is 5.75 Å². The third-order valence-corrected chi connectivity index (χ3v) is 5.53. The summed E-state index contributed by atoms with van der Waals surface area (Å²) < 4.78 is 6.66. The minimum atomic E-state index is -0.445. The molecule has 156 valence electrons. The molecule has 0 saturated heterocycles. The third-order valence-electron chi connectivity index (χ3n) is 4.51. The molecule has 0 unspecified atom stereocenters. The molecule has 0 fully saturated rings. The zero-order valence-electron chi connectivity index (χ0n) is 16.9. The number of hydrogen-bond acceptors (Lipinski definition) is 6. The lowest BCUT2D eigenvalue weighted by Gasteiger charge is -2.08. The Labute approximate surface area is 178 Å². The molecule has 0 aliphatic heterocycles. The molecular weight excluding hydrogens is 404 g/mol. The molecule has 8 nitrogen and oxygen atoms in total. The minimum absolute atomic E-state index is 0.000331. The first kappa shape index (κ1) is 21.4. The Balaban J connectivity index is 1.54. The van der Waals surface area contributed by atoms with E-state index in [1.54, 1.807) is 32.7 Å². The molecular formula is C21H22N4O4S. The molecule has 0 saturated carbocycles. The molecule has 0 aliphatic rings. The number of nitrogens with zero attached hydrogens (tertiary/aromatic N) is 3. The van der Waals surface area contributed by atoms with Gasteiger partial charge in [-0.3, -0.25) is 19.6 Å². The average Bonchev–Trinajstić information content (AvgIpc) is 3.02. The van der Waals surface area contributed by atoms with Gasteiger partial charge in [0.05, 0.1) is 18.6 Å². The van der Waals surface area contributed by atoms with Gasteiger partial charge in [0.1, 0.15) is 17.1 Å². The van der Waals surface area contributed by atoms with Crippen LogP contribution in [-0.2, 0) is 11.3 Å². The fraction of sp³-hybridized carbons (Fsp3) is 0.238. The zero-order chi connectivity index (χ0) is 21.7. The van der Waals surface area contributed by atoms with Gasteiger partial charge in [0.2, 0.25) is 5.91 Å². The third kappa shape index (κ3) is 5.18. The summed E-state index contributed by atoms with van der Waals surface area (Å²) in [5.74, 6) is 0.633. The van der Waals surface area contributed by atoms with Crippen LogP contribution in [0.2, 0.25) is 0 Å². The number of hydrogen-bond donors (Lipinski definition) is 1. The van der Waals surface area contributed by atoms with E-state index in [1.807, 2.05) is 48.5 Å². The first-order valence-electron chi connectivity index (χ1n) is 9.27. The van der Waals surface area contributed by atoms with Gasteiger partial charge in [0, 0.05) is 21.9 Å². The number of ether oxygens (including phenoxy) is 1. The van der Waals surface area contributed by atoms with Crippen LogP contribution in [0.15, 0.2) is 58.3 Å². The molecule has 1 amide bonds. The second kappa shape index (κ2) is 9.45. The fourth-order valence-corrected chi connectivity index (χ4v) is 3.80. The maximum atomic E-state index is 12.3. The van der Waals surface area contributed by atoms with E-state index in [-0.39, 0.29) is 24.6 Å². The Bertz CT molecular complexity index is 1050. The maximum absolute atomic E-state index is 12.3. The lowest BCUT2D eigenvalue weighted by atomic mass is 10.3. The van der Waals surface area contributed by atoms with Crippen LogP contribution in [0.1, 0.15) is 17.8 Å². The van der Waals surface area contributed by atoms with E-state index >= 15 is 0 Å². The van der Waals surface area contributed by atoms with Crippen LogP contribution in [0, 0.1) is 24.0 Å². The summed E-state index contributed by atoms with van der Waals surface area (Å²) in [7, 11) is 1.64. The molecule has 0 aliphatic carbocycles. The van der Waals surface area contributed by atoms with E-state index in [2.05, 4.69) is 10.4 Å². The van der Waals surface area contributed by atoms with E-state index in [4.69, 9.17) is 4.74 Å². The second-order valence-corrected chi connectivity index (χ2v) is 7.75. The number of rotatable bonds is 8. The number of amides is 1. The van der Waals surface area contributed by atoms with Gasteiger partial charge < -0.3 is 10.1 Å². The summed E-state index contributed by atoms with van der Waals surface area (Å²) in [6, 6.07) is 15.4. The van der Waals surface area contributed by atoms with Gasteiger partial charge in [-0.2, -0.15) is 5.10 Å². The minimum Gasteiger partial charge on any atom is -0.497 e. The van der Waals surface area contributed by atoms with Crippen LogP contribution >= 0.6 is 11.8 Å². The summed E-state index contributed by atoms with van der Waals surface area (Å²) >= 11 is 1.61. The summed E-state index contributed by atoms with van der Waals surface area (Å²) in [6.07, 6.45) is 0.168. The number of methoxy groups -OCH3 is 1. The van der Waals surface area contributed by atoms with Crippen molar-refractivity contribution in [2.75, 3.05) is 12.4 Å². The normalized spacial score (nSPS) is 10.6. The number of benzene rings is 2. The highest BCUT2D eigenvalue weighted by Crippen LogP contribution is 2.29. The summed E-state index contributed by atoms with van der Waals surface area (Å²) in [5.41, 5.74) is 1.49. The molecule has 0 atom stereocenters. The average molecular weight is 426 g/mol. The summed E-state index contributed by atoms with van der Waals surface area (Å²) in [6.45, 7) is 3.50. The number of nitrogens with one attached hydrogen (secondary N) is 1. The van der Waals surface area contributed by atoms with Crippen molar-refractivity contribution in [2.24, 2.45) is 0 Å². The number of aromatic nitrogens is 2. The summed E-state index contributed by atoms with van der Waals surface area (Å²) in [4.78, 5) is 25.0. The van der Waals surface area contributed by atoms with Crippen LogP contribution in [0.3, 0.4) is 0 Å². The predicted molar refractivity (Wildman–Crippen MR) is 115 cm³/mol. The van der Waals surface area contributed by atoms with E-state index < -0.39 is 4.92 Å². The lowest BCUT2D eigenvalue weighted by molar-refractivity contribution is -0.386. The van der Waals surface area contributed by atoms with E-state index in [0.717, 1.165) is 15.5 Å². The van der Waals surface area contributed by atoms with Crippen molar-refractivity contribution < 1.29 is 14.5 Å². The molecule has 1 N–H and O–H groups in total. The standard InChI is InChI=1S/C21H22N4O4S/c1-14-21(25(27)28)15(2)24(23-14)13-12-20(26)22-16-4-8-18(9-5-16)30-19-10-6-17(29-3)7-11-19/h4-11H,12-13H2,1-3H3,(H,22,26). The highest BCUT2D eigenvalue weighted by atomic mass is 32.2. The Morgan fingerprint density at radius 3 is 2.27 bits per heavy atom. The highest BCUT2D eigenvalue weighted by Gasteiger charge is 2.21. The Kier molecular flexibility index (Phi) is 6.73. The van der Waals surface area contributed by atoms with Gasteiger partial charge in [0.25, 0.3) is 0 Å². The number of anilines is 1. The number of nitro groups is 1. The Morgan fingerprint density at radius 2 is 1.73 bits per heavy atom. The van der Waals surface area contributed by atoms with Crippen molar-refractivity contribution in [2.45, 2.75) is 36.6 Å². The van der Waals surface area contributed by atoms with Crippen LogP contribution in [0.25, 0.3) is 0 Å². The smallest absolute Gasteiger partial charge is 0.312 e. The van der Waals surface area contributed by atoms with Crippen molar-refractivity contribution in [3.05, 3.63) is 70.0 Å². The van der Waals surface area contributed by atoms with E-state index in [1.165, 1.54) is 4.68 Å². The molecule has 3 rings (SSSR count). The second-order valence-electron chi connectivity index (χ2n) is 6.60. The van der Waals surface area contributed by atoms with Gasteiger partial charge in [-0.1, -0.05) is 11.8 Å². The quantitative estimate of drug-likeness (QED) is 0.418. The molecule has 30 heavy (non-hydrogen) atoms. The van der Waals surface area contributed by atoms with E-state index in [0.29, 0.717) is 17.1 Å². The van der Waals surface area contributed by atoms with Crippen molar-refractivity contribution in [1.29, 1.82) is 0 Å². The van der Waals surface area contributed by atoms with Crippen molar-refractivity contribution in [1.82, 2.24) is 9.78 Å². The van der Waals surface area contributed by atoms with Gasteiger partial charge in [-0.25, -0.2) is 0 Å². The topological polar surface area (TPSA) is 99.3 Å². The first-order chi connectivity index (χ1) is 14.4. The molecule has 2 aromatic carbocycles. The van der Waals surface area contributed by atoms with Crippen molar-refractivity contribution in [3.8, 4) is 5.75 Å². The SMILES string of the molecule is COc1ccc(Sc2ccc(NC(=O)CCn3nc(C)c([N+](=O)[O-])c3C)cc2)cc1. The first-order valence-corrected chi connectivity index (χ1v) is 10.1. The Morgan fingerprint density at radius 1 is 1.13 bits per heavy atom. The van der Waals surface area contributed by atoms with Crippen LogP contribution in [0.4, 0.5) is 11.4 Å². The molecule has 0 radical (unpaired) electrons. The molecule has 1 aromatic heterocycles. The molecule has 0 spiro atoms. The number of carbonyl (C=O) groups excluding carboxylic acids is 1. The van der Waals surface area contributed by atoms with Gasteiger partial charge in [-0.05, 0) is 62.4 Å². The van der Waals surface area contributed by atoms with Gasteiger partial charge >= 0.3 is 5.69 Å². The molecule has 0 bridgehead atoms. The molecule has 3 aromatic rings. The van der Waals surface area contributed by atoms with E-state index in [9.17, 15) is 14.9 Å². The van der Waals surface area contributed by atoms with Crippen molar-refractivity contribution >= 4 is 29.0 Å². The lowest BCUT2D eigenvalue weighted by Crippen LogP contribution is -2.15. The number of carbonyl (C=O) groups is 1. The van der Waals surface area contributed by atoms with Crippen LogP contribution in [-0.4, -0.2) is 27.7 Å². The predicted octanol–water partition coefficient (Wildman–Crippen LogP) is 4.60. The number of aryl methyl sites for hydroxylation is 2. The maximum Gasteiger partial charge on any atom is 0.312 e. The molecule has 9 heteroatoms. The van der Waals surface area contributed by atoms with Crippen LogP contribution < -0.4 is 10.1 Å².